The summed E-state index contributed by atoms with van der Waals surface area (Å²) in [6, 6.07) is 0. The van der Waals surface area contributed by atoms with E-state index in [2.05, 4.69) is 5.10 Å². The van der Waals surface area contributed by atoms with Crippen molar-refractivity contribution in [1.82, 2.24) is 0 Å². The van der Waals surface area contributed by atoms with Gasteiger partial charge in [0.2, 0.25) is 0 Å². The number of nitrogens with two attached hydrogens (primary N) is 2. The van der Waals surface area contributed by atoms with Gasteiger partial charge in [-0.25, -0.2) is 0 Å². The number of amidine groups is 1. The summed E-state index contributed by atoms with van der Waals surface area (Å²) in [4.78, 5) is 0. The van der Waals surface area contributed by atoms with Gasteiger partial charge in [0, 0.05) is 12.4 Å². The van der Waals surface area contributed by atoms with Crippen LogP contribution in [-0.2, 0) is 4.74 Å². The van der Waals surface area contributed by atoms with Crippen LogP contribution in [0.5, 0.6) is 0 Å². The Hall–Kier alpha value is -0.420. The summed E-state index contributed by atoms with van der Waals surface area (Å²) in [5, 5.41) is 3.82. The molecule has 0 radical (unpaired) electrons. The molecular formula is C6H13N3OS. The van der Waals surface area contributed by atoms with Gasteiger partial charge in [0.15, 0.2) is 5.17 Å². The molecule has 11 heavy (non-hydrogen) atoms. The minimum atomic E-state index is 0.455. The zero-order valence-electron chi connectivity index (χ0n) is 6.32. The number of thioether (sulfide) groups is 1. The van der Waals surface area contributed by atoms with Crippen molar-refractivity contribution in [3.8, 4) is 0 Å². The van der Waals surface area contributed by atoms with Crippen molar-refractivity contribution < 1.29 is 4.74 Å². The van der Waals surface area contributed by atoms with E-state index < -0.39 is 0 Å². The summed E-state index contributed by atoms with van der Waals surface area (Å²) in [5.74, 6) is 6.56. The number of nitrogens with zero attached hydrogens (tertiary/aromatic N) is 1. The Kier molecular flexibility index (Phi) is 3.51. The van der Waals surface area contributed by atoms with E-state index in [4.69, 9.17) is 16.3 Å². The molecule has 1 saturated heterocycles. The minimum absolute atomic E-state index is 0.455. The van der Waals surface area contributed by atoms with Crippen LogP contribution >= 0.6 is 11.8 Å². The highest BCUT2D eigenvalue weighted by Crippen LogP contribution is 2.17. The molecule has 1 aliphatic rings. The van der Waals surface area contributed by atoms with E-state index in [0.29, 0.717) is 11.1 Å². The maximum Gasteiger partial charge on any atom is 0.177 e. The lowest BCUT2D eigenvalue weighted by molar-refractivity contribution is 0.189. The Morgan fingerprint density at radius 3 is 3.09 bits per heavy atom. The van der Waals surface area contributed by atoms with Crippen molar-refractivity contribution in [3.63, 3.8) is 0 Å². The average molecular weight is 175 g/mol. The monoisotopic (exact) mass is 175 g/mol. The molecule has 0 aliphatic carbocycles. The molecule has 0 bridgehead atoms. The Labute approximate surface area is 70.3 Å². The van der Waals surface area contributed by atoms with Crippen molar-refractivity contribution in [3.05, 3.63) is 0 Å². The third kappa shape index (κ3) is 2.98. The van der Waals surface area contributed by atoms with E-state index in [1.54, 1.807) is 0 Å². The summed E-state index contributed by atoms with van der Waals surface area (Å²) < 4.78 is 5.20. The van der Waals surface area contributed by atoms with Gasteiger partial charge in [0.05, 0.1) is 6.61 Å². The largest absolute Gasteiger partial charge is 0.381 e. The molecule has 1 rings (SSSR count). The summed E-state index contributed by atoms with van der Waals surface area (Å²) >= 11 is 1.50. The zero-order valence-corrected chi connectivity index (χ0v) is 7.14. The summed E-state index contributed by atoms with van der Waals surface area (Å²) in [6.07, 6.45) is 1.13. The lowest BCUT2D eigenvalue weighted by atomic mass is 10.2. The van der Waals surface area contributed by atoms with E-state index in [1.807, 2.05) is 0 Å². The van der Waals surface area contributed by atoms with E-state index in [0.717, 1.165) is 25.4 Å². The third-order valence-corrected chi connectivity index (χ3v) is 2.66. The SMILES string of the molecule is NN=C(N)SCC1CCOC1. The van der Waals surface area contributed by atoms with Crippen LogP contribution in [0.2, 0.25) is 0 Å². The molecule has 0 aromatic heterocycles. The second kappa shape index (κ2) is 4.46. The van der Waals surface area contributed by atoms with Gasteiger partial charge in [0.25, 0.3) is 0 Å². The highest BCUT2D eigenvalue weighted by atomic mass is 32.2. The van der Waals surface area contributed by atoms with Crippen molar-refractivity contribution in [2.24, 2.45) is 22.6 Å². The standard InChI is InChI=1S/C6H13N3OS/c7-6(9-8)11-4-5-1-2-10-3-5/h5H,1-4,8H2,(H2,7,9). The molecule has 1 aliphatic heterocycles. The molecule has 4 nitrogen and oxygen atoms in total. The van der Waals surface area contributed by atoms with Gasteiger partial charge in [-0.15, -0.1) is 0 Å². The lowest BCUT2D eigenvalue weighted by Crippen LogP contribution is -2.13. The second-order valence-electron chi connectivity index (χ2n) is 2.51. The van der Waals surface area contributed by atoms with Crippen molar-refractivity contribution >= 4 is 16.9 Å². The predicted octanol–water partition coefficient (Wildman–Crippen LogP) is -0.0555. The van der Waals surface area contributed by atoms with Crippen molar-refractivity contribution in [1.29, 1.82) is 0 Å². The van der Waals surface area contributed by atoms with Crippen LogP contribution in [0.1, 0.15) is 6.42 Å². The molecule has 0 aromatic rings. The van der Waals surface area contributed by atoms with Gasteiger partial charge in [-0.05, 0) is 12.3 Å². The fourth-order valence-electron chi connectivity index (χ4n) is 0.955. The van der Waals surface area contributed by atoms with Crippen LogP contribution in [0.15, 0.2) is 5.10 Å². The zero-order chi connectivity index (χ0) is 8.10. The molecule has 1 unspecified atom stereocenters. The highest BCUT2D eigenvalue weighted by molar-refractivity contribution is 8.13. The first kappa shape index (κ1) is 8.67. The lowest BCUT2D eigenvalue weighted by Gasteiger charge is -2.04. The first-order valence-electron chi connectivity index (χ1n) is 3.57. The molecule has 4 N–H and O–H groups in total. The first-order chi connectivity index (χ1) is 5.33. The quantitative estimate of drug-likeness (QED) is 0.267. The number of hydrazone groups is 1. The van der Waals surface area contributed by atoms with Gasteiger partial charge in [-0.3, -0.25) is 0 Å². The molecule has 0 saturated carbocycles. The first-order valence-corrected chi connectivity index (χ1v) is 4.55. The van der Waals surface area contributed by atoms with Crippen molar-refractivity contribution in [2.75, 3.05) is 19.0 Å². The molecule has 0 aromatic carbocycles. The molecule has 5 heteroatoms. The topological polar surface area (TPSA) is 73.6 Å². The summed E-state index contributed by atoms with van der Waals surface area (Å²) in [6.45, 7) is 1.73. The normalized spacial score (nSPS) is 25.8. The molecule has 64 valence electrons. The molecule has 1 atom stereocenters. The van der Waals surface area contributed by atoms with Gasteiger partial charge < -0.3 is 16.3 Å². The number of rotatable bonds is 2. The van der Waals surface area contributed by atoms with Crippen LogP contribution in [-0.4, -0.2) is 24.1 Å². The summed E-state index contributed by atoms with van der Waals surface area (Å²) in [5.41, 5.74) is 5.40. The van der Waals surface area contributed by atoms with E-state index in [-0.39, 0.29) is 0 Å². The van der Waals surface area contributed by atoms with E-state index >= 15 is 0 Å². The van der Waals surface area contributed by atoms with Gasteiger partial charge in [-0.1, -0.05) is 11.8 Å². The number of ether oxygens (including phenoxy) is 1. The maximum absolute atomic E-state index is 5.40. The van der Waals surface area contributed by atoms with Gasteiger partial charge >= 0.3 is 0 Å². The Bertz CT molecular complexity index is 145. The van der Waals surface area contributed by atoms with Crippen molar-refractivity contribution in [2.45, 2.75) is 6.42 Å². The van der Waals surface area contributed by atoms with Gasteiger partial charge in [-0.2, -0.15) is 5.10 Å². The van der Waals surface area contributed by atoms with Crippen LogP contribution in [0.4, 0.5) is 0 Å². The highest BCUT2D eigenvalue weighted by Gasteiger charge is 2.15. The Morgan fingerprint density at radius 1 is 1.73 bits per heavy atom. The fourth-order valence-corrected chi connectivity index (χ4v) is 1.70. The smallest absolute Gasteiger partial charge is 0.177 e. The molecule has 0 amide bonds. The molecule has 1 fully saturated rings. The van der Waals surface area contributed by atoms with E-state index in [9.17, 15) is 0 Å². The van der Waals surface area contributed by atoms with Crippen LogP contribution in [0.3, 0.4) is 0 Å². The predicted molar refractivity (Wildman–Crippen MR) is 47.2 cm³/mol. The number of hydrogen-bond acceptors (Lipinski definition) is 4. The molecule has 0 spiro atoms. The summed E-state index contributed by atoms with van der Waals surface area (Å²) in [7, 11) is 0. The Morgan fingerprint density at radius 2 is 2.55 bits per heavy atom. The van der Waals surface area contributed by atoms with Crippen LogP contribution in [0, 0.1) is 5.92 Å². The van der Waals surface area contributed by atoms with Crippen LogP contribution in [0.25, 0.3) is 0 Å². The van der Waals surface area contributed by atoms with E-state index in [1.165, 1.54) is 11.8 Å². The average Bonchev–Trinajstić information content (AvgIpc) is 2.52. The maximum atomic E-state index is 5.40. The molecular weight excluding hydrogens is 162 g/mol. The third-order valence-electron chi connectivity index (χ3n) is 1.62. The number of hydrogen-bond donors (Lipinski definition) is 2. The van der Waals surface area contributed by atoms with Crippen LogP contribution < -0.4 is 11.6 Å². The Balaban J connectivity index is 2.11. The minimum Gasteiger partial charge on any atom is -0.381 e. The molecule has 1 heterocycles. The second-order valence-corrected chi connectivity index (χ2v) is 3.55. The van der Waals surface area contributed by atoms with Gasteiger partial charge in [0.1, 0.15) is 0 Å². The fraction of sp³-hybridized carbons (Fsp3) is 0.833.